The third kappa shape index (κ3) is 1.69. The van der Waals surface area contributed by atoms with Crippen LogP contribution in [0.4, 0.5) is 0 Å². The Balaban J connectivity index is 1.60. The molecule has 8 heteroatoms. The number of alkyl halides is 2. The Labute approximate surface area is 131 Å². The van der Waals surface area contributed by atoms with Crippen LogP contribution in [0.2, 0.25) is 0 Å². The van der Waals surface area contributed by atoms with E-state index in [-0.39, 0.29) is 48.9 Å². The van der Waals surface area contributed by atoms with E-state index in [9.17, 15) is 9.59 Å². The van der Waals surface area contributed by atoms with Crippen molar-refractivity contribution in [2.24, 2.45) is 0 Å². The molecule has 0 saturated carbocycles. The van der Waals surface area contributed by atoms with Gasteiger partial charge in [-0.1, -0.05) is 0 Å². The van der Waals surface area contributed by atoms with Crippen LogP contribution in [0.1, 0.15) is 10.4 Å². The van der Waals surface area contributed by atoms with Gasteiger partial charge in [0.1, 0.15) is 0 Å². The second kappa shape index (κ2) is 4.19. The summed E-state index contributed by atoms with van der Waals surface area (Å²) < 4.78 is 19.8. The van der Waals surface area contributed by atoms with Gasteiger partial charge in [-0.25, -0.2) is 0 Å². The fraction of sp³-hybridized carbons (Fsp3) is 0.273. The Morgan fingerprint density at radius 2 is 2.42 bits per heavy atom. The zero-order valence-electron chi connectivity index (χ0n) is 9.24. The van der Waals surface area contributed by atoms with Crippen molar-refractivity contribution in [2.75, 3.05) is 4.43 Å². The summed E-state index contributed by atoms with van der Waals surface area (Å²) in [7, 11) is 0. The number of carbonyl (C=O) groups excluding carboxylic acids is 2. The molecule has 1 saturated heterocycles. The summed E-state index contributed by atoms with van der Waals surface area (Å²) >= 11 is 2.14. The van der Waals surface area contributed by atoms with Crippen molar-refractivity contribution in [3.8, 4) is 11.5 Å². The minimum absolute atomic E-state index is 0.0712. The van der Waals surface area contributed by atoms with Gasteiger partial charge in [0.05, 0.1) is 0 Å². The molecule has 2 bridgehead atoms. The van der Waals surface area contributed by atoms with Crippen LogP contribution in [-0.4, -0.2) is 26.3 Å². The average molecular weight is 486 g/mol. The second-order valence-corrected chi connectivity index (χ2v) is 7.84. The van der Waals surface area contributed by atoms with Gasteiger partial charge < -0.3 is 0 Å². The van der Waals surface area contributed by atoms with Crippen molar-refractivity contribution in [1.82, 2.24) is 3.53 Å². The molecule has 4 rings (SSSR count). The van der Waals surface area contributed by atoms with Gasteiger partial charge in [-0.3, -0.25) is 0 Å². The molecule has 2 aromatic rings. The molecule has 19 heavy (non-hydrogen) atoms. The zero-order valence-corrected chi connectivity index (χ0v) is 13.6. The van der Waals surface area contributed by atoms with E-state index in [1.54, 1.807) is 6.07 Å². The number of furan rings is 2. The molecule has 2 aliphatic heterocycles. The molecule has 1 fully saturated rings. The topological polar surface area (TPSA) is 77.8 Å². The first-order valence-electron chi connectivity index (χ1n) is 5.45. The molecule has 2 aliphatic rings. The van der Waals surface area contributed by atoms with Crippen LogP contribution >= 0.6 is 22.6 Å². The summed E-state index contributed by atoms with van der Waals surface area (Å²) in [5, 5.41) is 0. The Kier molecular flexibility index (Phi) is 2.68. The van der Waals surface area contributed by atoms with Gasteiger partial charge in [0, 0.05) is 0 Å². The number of halogens is 2. The van der Waals surface area contributed by atoms with E-state index in [1.807, 2.05) is 0 Å². The first-order valence-corrected chi connectivity index (χ1v) is 9.30. The number of hydrogen-bond acceptors (Lipinski definition) is 6. The molecular formula is C11H6I2NO5-. The van der Waals surface area contributed by atoms with Crippen LogP contribution < -0.4 is 34.5 Å². The van der Waals surface area contributed by atoms with Crippen LogP contribution in [-0.2, 0) is 4.79 Å². The predicted molar refractivity (Wildman–Crippen MR) is 67.6 cm³/mol. The number of rotatable bonds is 3. The van der Waals surface area contributed by atoms with Crippen molar-refractivity contribution >= 4 is 45.7 Å². The summed E-state index contributed by atoms with van der Waals surface area (Å²) in [5.74, 6) is -0.331. The quantitative estimate of drug-likeness (QED) is 0.180. The minimum atomic E-state index is -0.456. The third-order valence-electron chi connectivity index (χ3n) is 3.02. The normalized spacial score (nSPS) is 22.8. The molecular weight excluding hydrogens is 480 g/mol. The van der Waals surface area contributed by atoms with Crippen LogP contribution in [0.15, 0.2) is 10.5 Å². The van der Waals surface area contributed by atoms with Gasteiger partial charge in [-0.05, 0) is 0 Å². The van der Waals surface area contributed by atoms with E-state index in [1.165, 1.54) is 0 Å². The molecule has 0 aliphatic carbocycles. The fourth-order valence-corrected chi connectivity index (χ4v) is 6.04. The van der Waals surface area contributed by atoms with Crippen LogP contribution in [0, 0.1) is 0 Å². The molecule has 2 unspecified atom stereocenters. The number of hydrogen-bond donors (Lipinski definition) is 1. The first kappa shape index (κ1) is 12.1. The SMILES string of the molecule is O=C1Oc2c(OC(=O)C(I)C3C[I-]N3)c3cc1c2o3. The van der Waals surface area contributed by atoms with E-state index >= 15 is 0 Å². The van der Waals surface area contributed by atoms with Crippen molar-refractivity contribution in [3.63, 3.8) is 0 Å². The monoisotopic (exact) mass is 486 g/mol. The van der Waals surface area contributed by atoms with Crippen LogP contribution in [0.5, 0.6) is 11.5 Å². The van der Waals surface area contributed by atoms with Gasteiger partial charge >= 0.3 is 132 Å². The molecule has 2 aromatic heterocycles. The summed E-state index contributed by atoms with van der Waals surface area (Å²) in [4.78, 5) is 23.5. The Morgan fingerprint density at radius 3 is 3.11 bits per heavy atom. The van der Waals surface area contributed by atoms with Crippen molar-refractivity contribution < 1.29 is 45.0 Å². The van der Waals surface area contributed by atoms with Crippen molar-refractivity contribution in [2.45, 2.75) is 9.97 Å². The molecule has 0 amide bonds. The fourth-order valence-electron chi connectivity index (χ4n) is 2.00. The standard InChI is InChI=1S/C11H6I2NO5/c12-6(4-2-13-14-4)11(16)18-8-5-1-3-7(17-5)9(8)19-10(3)15/h1,4,6,14H,2H2/q-1. The van der Waals surface area contributed by atoms with Gasteiger partial charge in [0.15, 0.2) is 0 Å². The Hall–Kier alpha value is -0.620. The molecule has 4 heterocycles. The Bertz CT molecular complexity index is 692. The number of esters is 2. The first-order chi connectivity index (χ1) is 9.15. The molecule has 0 aromatic carbocycles. The van der Waals surface area contributed by atoms with E-state index in [0.717, 1.165) is 4.43 Å². The maximum atomic E-state index is 12.0. The van der Waals surface area contributed by atoms with Crippen molar-refractivity contribution in [3.05, 3.63) is 11.6 Å². The molecule has 2 atom stereocenters. The molecule has 0 radical (unpaired) electrons. The summed E-state index contributed by atoms with van der Waals surface area (Å²) in [6.45, 7) is 0. The number of ether oxygens (including phenoxy) is 2. The van der Waals surface area contributed by atoms with Gasteiger partial charge in [-0.15, -0.1) is 0 Å². The van der Waals surface area contributed by atoms with E-state index in [0.29, 0.717) is 16.7 Å². The van der Waals surface area contributed by atoms with Crippen molar-refractivity contribution in [1.29, 1.82) is 0 Å². The van der Waals surface area contributed by atoms with E-state index in [4.69, 9.17) is 13.9 Å². The van der Waals surface area contributed by atoms with Crippen LogP contribution in [0.3, 0.4) is 0 Å². The Morgan fingerprint density at radius 1 is 1.63 bits per heavy atom. The van der Waals surface area contributed by atoms with Crippen LogP contribution in [0.25, 0.3) is 11.2 Å². The number of nitrogens with one attached hydrogen (secondary N) is 1. The molecule has 0 spiro atoms. The average Bonchev–Trinajstić information content (AvgIpc) is 2.91. The summed E-state index contributed by atoms with van der Waals surface area (Å²) in [6.07, 6.45) is 0. The predicted octanol–water partition coefficient (Wildman–Crippen LogP) is -1.91. The van der Waals surface area contributed by atoms with E-state index in [2.05, 4.69) is 26.1 Å². The van der Waals surface area contributed by atoms with Gasteiger partial charge in [0.2, 0.25) is 0 Å². The molecule has 6 nitrogen and oxygen atoms in total. The van der Waals surface area contributed by atoms with E-state index < -0.39 is 5.97 Å². The van der Waals surface area contributed by atoms with Gasteiger partial charge in [-0.2, -0.15) is 0 Å². The maximum absolute atomic E-state index is 12.0. The molecule has 1 N–H and O–H groups in total. The number of benzene rings is 1. The third-order valence-corrected chi connectivity index (χ3v) is 7.03. The number of carbonyl (C=O) groups is 2. The summed E-state index contributed by atoms with van der Waals surface area (Å²) in [5.41, 5.74) is 1.17. The number of fused-ring (bicyclic) bond motifs is 1. The molecule has 100 valence electrons. The second-order valence-electron chi connectivity index (χ2n) is 4.23. The summed E-state index contributed by atoms with van der Waals surface area (Å²) in [6, 6.07) is 1.74. The zero-order chi connectivity index (χ0) is 13.1. The van der Waals surface area contributed by atoms with Gasteiger partial charge in [0.25, 0.3) is 0 Å².